The van der Waals surface area contributed by atoms with Crippen molar-refractivity contribution in [2.75, 3.05) is 26.9 Å². The quantitative estimate of drug-likeness (QED) is 0.541. The zero-order valence-corrected chi connectivity index (χ0v) is 14.1. The summed E-state index contributed by atoms with van der Waals surface area (Å²) in [5.41, 5.74) is 2.34. The van der Waals surface area contributed by atoms with Gasteiger partial charge in [-0.3, -0.25) is 14.4 Å². The first-order chi connectivity index (χ1) is 10.9. The third-order valence-corrected chi connectivity index (χ3v) is 3.46. The average molecular weight is 324 g/mol. The Balaban J connectivity index is 2.55. The molecule has 1 heterocycles. The predicted octanol–water partition coefficient (Wildman–Crippen LogP) is 1.00. The fourth-order valence-electron chi connectivity index (χ4n) is 2.25. The van der Waals surface area contributed by atoms with Crippen molar-refractivity contribution >= 4 is 17.7 Å². The van der Waals surface area contributed by atoms with E-state index in [1.807, 2.05) is 18.4 Å². The number of nitrogens with one attached hydrogen (secondary N) is 1. The highest BCUT2D eigenvalue weighted by Crippen LogP contribution is 2.16. The van der Waals surface area contributed by atoms with Crippen LogP contribution in [0.1, 0.15) is 35.1 Å². The predicted molar refractivity (Wildman–Crippen MR) is 84.4 cm³/mol. The largest absolute Gasteiger partial charge is 0.457 e. The van der Waals surface area contributed by atoms with Crippen LogP contribution in [-0.4, -0.2) is 49.1 Å². The maximum absolute atomic E-state index is 12.2. The van der Waals surface area contributed by atoms with Crippen LogP contribution < -0.4 is 5.32 Å². The zero-order valence-electron chi connectivity index (χ0n) is 14.1. The van der Waals surface area contributed by atoms with E-state index in [1.54, 1.807) is 13.2 Å². The number of Topliss-reactive ketones (excluding diaryl/α,β-unsaturated/α-hetero) is 1. The maximum Gasteiger partial charge on any atom is 0.308 e. The number of ketones is 1. The van der Waals surface area contributed by atoms with E-state index in [9.17, 15) is 14.4 Å². The van der Waals surface area contributed by atoms with Crippen molar-refractivity contribution < 1.29 is 23.9 Å². The van der Waals surface area contributed by atoms with E-state index >= 15 is 0 Å². The first-order valence-corrected chi connectivity index (χ1v) is 7.45. The first-order valence-electron chi connectivity index (χ1n) is 7.45. The molecule has 0 spiro atoms. The molecule has 0 aliphatic heterocycles. The van der Waals surface area contributed by atoms with Crippen LogP contribution in [0.3, 0.4) is 0 Å². The van der Waals surface area contributed by atoms with E-state index in [0.29, 0.717) is 18.7 Å². The number of nitrogens with zero attached hydrogens (tertiary/aromatic N) is 1. The molecule has 0 unspecified atom stereocenters. The van der Waals surface area contributed by atoms with Gasteiger partial charge in [0.1, 0.15) is 0 Å². The summed E-state index contributed by atoms with van der Waals surface area (Å²) < 4.78 is 12.0. The van der Waals surface area contributed by atoms with Gasteiger partial charge in [-0.15, -0.1) is 0 Å². The van der Waals surface area contributed by atoms with Gasteiger partial charge in [0.2, 0.25) is 11.7 Å². The molecule has 7 heteroatoms. The third-order valence-electron chi connectivity index (χ3n) is 3.46. The standard InChI is InChI=1S/C16H24N2O5/c1-11-9-14(12(2)18(11)7-8-22-4)15(20)10-23-16(21)5-6-17-13(3)19/h9H,5-8,10H2,1-4H3,(H,17,19). The molecule has 0 aliphatic carbocycles. The van der Waals surface area contributed by atoms with Crippen LogP contribution in [-0.2, 0) is 25.6 Å². The SMILES string of the molecule is COCCn1c(C)cc(C(=O)COC(=O)CCNC(C)=O)c1C. The van der Waals surface area contributed by atoms with Gasteiger partial charge in [-0.25, -0.2) is 0 Å². The highest BCUT2D eigenvalue weighted by atomic mass is 16.5. The van der Waals surface area contributed by atoms with Crippen LogP contribution in [0.15, 0.2) is 6.07 Å². The molecule has 0 aromatic carbocycles. The lowest BCUT2D eigenvalue weighted by Crippen LogP contribution is -2.24. The topological polar surface area (TPSA) is 86.6 Å². The van der Waals surface area contributed by atoms with E-state index in [2.05, 4.69) is 5.32 Å². The number of carbonyl (C=O) groups is 3. The second-order valence-electron chi connectivity index (χ2n) is 5.25. The summed E-state index contributed by atoms with van der Waals surface area (Å²) in [5.74, 6) is -0.965. The van der Waals surface area contributed by atoms with Gasteiger partial charge in [0.25, 0.3) is 0 Å². The van der Waals surface area contributed by atoms with E-state index in [-0.39, 0.29) is 31.3 Å². The molecule has 1 amide bonds. The number of aromatic nitrogens is 1. The van der Waals surface area contributed by atoms with Crippen LogP contribution in [0.2, 0.25) is 0 Å². The Morgan fingerprint density at radius 2 is 1.96 bits per heavy atom. The molecule has 7 nitrogen and oxygen atoms in total. The van der Waals surface area contributed by atoms with Crippen molar-refractivity contribution in [1.29, 1.82) is 0 Å². The summed E-state index contributed by atoms with van der Waals surface area (Å²) >= 11 is 0. The Labute approximate surface area is 135 Å². The van der Waals surface area contributed by atoms with E-state index in [0.717, 1.165) is 11.4 Å². The Bertz CT molecular complexity index is 577. The van der Waals surface area contributed by atoms with Crippen molar-refractivity contribution in [2.45, 2.75) is 33.7 Å². The normalized spacial score (nSPS) is 10.4. The second-order valence-corrected chi connectivity index (χ2v) is 5.25. The van der Waals surface area contributed by atoms with Crippen LogP contribution in [0, 0.1) is 13.8 Å². The van der Waals surface area contributed by atoms with E-state index in [4.69, 9.17) is 9.47 Å². The van der Waals surface area contributed by atoms with Gasteiger partial charge in [0.15, 0.2) is 6.61 Å². The van der Waals surface area contributed by atoms with Crippen LogP contribution in [0.5, 0.6) is 0 Å². The molecule has 1 aromatic rings. The molecular weight excluding hydrogens is 300 g/mol. The van der Waals surface area contributed by atoms with Gasteiger partial charge in [0, 0.05) is 44.1 Å². The highest BCUT2D eigenvalue weighted by Gasteiger charge is 2.17. The summed E-state index contributed by atoms with van der Waals surface area (Å²) in [6, 6.07) is 1.79. The monoisotopic (exact) mass is 324 g/mol. The molecule has 0 fully saturated rings. The minimum atomic E-state index is -0.514. The lowest BCUT2D eigenvalue weighted by molar-refractivity contribution is -0.142. The van der Waals surface area contributed by atoms with Crippen molar-refractivity contribution in [2.24, 2.45) is 0 Å². The number of hydrogen-bond acceptors (Lipinski definition) is 5. The number of methoxy groups -OCH3 is 1. The molecule has 0 bridgehead atoms. The Kier molecular flexibility index (Phi) is 7.47. The Hall–Kier alpha value is -2.15. The number of rotatable bonds is 9. The highest BCUT2D eigenvalue weighted by molar-refractivity contribution is 5.99. The van der Waals surface area contributed by atoms with Gasteiger partial charge < -0.3 is 19.4 Å². The molecule has 0 saturated carbocycles. The maximum atomic E-state index is 12.2. The number of esters is 1. The molecule has 128 valence electrons. The molecule has 0 atom stereocenters. The molecule has 0 aliphatic rings. The molecule has 1 N–H and O–H groups in total. The van der Waals surface area contributed by atoms with Crippen molar-refractivity contribution in [3.8, 4) is 0 Å². The molecule has 1 rings (SSSR count). The minimum Gasteiger partial charge on any atom is -0.457 e. The van der Waals surface area contributed by atoms with Crippen molar-refractivity contribution in [3.05, 3.63) is 23.0 Å². The van der Waals surface area contributed by atoms with E-state index < -0.39 is 5.97 Å². The molecule has 0 saturated heterocycles. The number of ether oxygens (including phenoxy) is 2. The third kappa shape index (κ3) is 5.86. The molecule has 1 aromatic heterocycles. The van der Waals surface area contributed by atoms with Gasteiger partial charge in [-0.05, 0) is 19.9 Å². The van der Waals surface area contributed by atoms with Crippen molar-refractivity contribution in [3.63, 3.8) is 0 Å². The second kappa shape index (κ2) is 9.09. The van der Waals surface area contributed by atoms with Crippen LogP contribution in [0.25, 0.3) is 0 Å². The Morgan fingerprint density at radius 3 is 2.57 bits per heavy atom. The summed E-state index contributed by atoms with van der Waals surface area (Å²) in [6.45, 7) is 6.27. The number of hydrogen-bond donors (Lipinski definition) is 1. The number of aryl methyl sites for hydroxylation is 1. The summed E-state index contributed by atoms with van der Waals surface area (Å²) in [7, 11) is 1.63. The lowest BCUT2D eigenvalue weighted by Gasteiger charge is -2.09. The number of carbonyl (C=O) groups excluding carboxylic acids is 3. The Morgan fingerprint density at radius 1 is 1.26 bits per heavy atom. The van der Waals surface area contributed by atoms with Crippen LogP contribution >= 0.6 is 0 Å². The number of amides is 1. The van der Waals surface area contributed by atoms with E-state index in [1.165, 1.54) is 6.92 Å². The van der Waals surface area contributed by atoms with Crippen LogP contribution in [0.4, 0.5) is 0 Å². The van der Waals surface area contributed by atoms with Gasteiger partial charge in [0.05, 0.1) is 13.0 Å². The summed E-state index contributed by atoms with van der Waals surface area (Å²) in [5, 5.41) is 2.50. The average Bonchev–Trinajstić information content (AvgIpc) is 2.77. The zero-order chi connectivity index (χ0) is 17.4. The molecule has 0 radical (unpaired) electrons. The molecular formula is C16H24N2O5. The van der Waals surface area contributed by atoms with Gasteiger partial charge in [-0.1, -0.05) is 0 Å². The van der Waals surface area contributed by atoms with Gasteiger partial charge in [-0.2, -0.15) is 0 Å². The minimum absolute atomic E-state index is 0.0414. The first kappa shape index (κ1) is 18.9. The fraction of sp³-hybridized carbons (Fsp3) is 0.562. The molecule has 23 heavy (non-hydrogen) atoms. The van der Waals surface area contributed by atoms with Gasteiger partial charge >= 0.3 is 5.97 Å². The fourth-order valence-corrected chi connectivity index (χ4v) is 2.25. The summed E-state index contributed by atoms with van der Waals surface area (Å²) in [6.07, 6.45) is 0.0414. The smallest absolute Gasteiger partial charge is 0.308 e. The lowest BCUT2D eigenvalue weighted by atomic mass is 10.1. The summed E-state index contributed by atoms with van der Waals surface area (Å²) in [4.78, 5) is 34.4. The van der Waals surface area contributed by atoms with Crippen molar-refractivity contribution in [1.82, 2.24) is 9.88 Å².